The summed E-state index contributed by atoms with van der Waals surface area (Å²) in [5.74, 6) is -3.09. The molecule has 3 rings (SSSR count). The first-order chi connectivity index (χ1) is 13.3. The van der Waals surface area contributed by atoms with Gasteiger partial charge in [0, 0.05) is 12.6 Å². The molecule has 0 spiro atoms. The van der Waals surface area contributed by atoms with Gasteiger partial charge in [0.15, 0.2) is 11.6 Å². The van der Waals surface area contributed by atoms with Crippen LogP contribution in [0.1, 0.15) is 51.5 Å². The van der Waals surface area contributed by atoms with Gasteiger partial charge in [-0.05, 0) is 44.4 Å². The number of rotatable bonds is 5. The summed E-state index contributed by atoms with van der Waals surface area (Å²) in [5.41, 5.74) is -1.42. The average Bonchev–Trinajstić information content (AvgIpc) is 2.89. The largest absolute Gasteiger partial charge is 0.338 e. The topological polar surface area (TPSA) is 69.7 Å². The molecule has 1 aromatic rings. The molecule has 0 aromatic heterocycles. The van der Waals surface area contributed by atoms with Gasteiger partial charge < -0.3 is 10.2 Å². The van der Waals surface area contributed by atoms with E-state index in [0.29, 0.717) is 6.54 Å². The number of amides is 4. The molecule has 1 aromatic carbocycles. The molecule has 1 saturated heterocycles. The van der Waals surface area contributed by atoms with Crippen LogP contribution < -0.4 is 5.32 Å². The van der Waals surface area contributed by atoms with Crippen molar-refractivity contribution in [1.29, 1.82) is 0 Å². The Morgan fingerprint density at radius 2 is 1.89 bits per heavy atom. The smallest absolute Gasteiger partial charge is 0.325 e. The minimum Gasteiger partial charge on any atom is -0.338 e. The van der Waals surface area contributed by atoms with Crippen LogP contribution in [0.5, 0.6) is 0 Å². The van der Waals surface area contributed by atoms with Gasteiger partial charge in [0.05, 0.1) is 0 Å². The highest BCUT2D eigenvalue weighted by Crippen LogP contribution is 2.30. The van der Waals surface area contributed by atoms with E-state index < -0.39 is 29.1 Å². The fourth-order valence-electron chi connectivity index (χ4n) is 4.10. The van der Waals surface area contributed by atoms with Crippen LogP contribution in [0.25, 0.3) is 0 Å². The van der Waals surface area contributed by atoms with Gasteiger partial charge in [0.25, 0.3) is 5.91 Å². The van der Waals surface area contributed by atoms with Crippen LogP contribution in [-0.2, 0) is 15.1 Å². The monoisotopic (exact) mass is 393 g/mol. The summed E-state index contributed by atoms with van der Waals surface area (Å²) < 4.78 is 26.8. The van der Waals surface area contributed by atoms with Gasteiger partial charge in [-0.15, -0.1) is 0 Å². The molecule has 1 heterocycles. The number of hydrogen-bond donors (Lipinski definition) is 1. The number of carbonyl (C=O) groups is 3. The van der Waals surface area contributed by atoms with Crippen molar-refractivity contribution in [2.24, 2.45) is 0 Å². The van der Waals surface area contributed by atoms with E-state index in [1.165, 1.54) is 13.0 Å². The van der Waals surface area contributed by atoms with Crippen molar-refractivity contribution in [2.45, 2.75) is 57.5 Å². The van der Waals surface area contributed by atoms with Gasteiger partial charge >= 0.3 is 6.03 Å². The number of nitrogens with one attached hydrogen (secondary N) is 1. The molecule has 1 unspecified atom stereocenters. The molecule has 4 amide bonds. The molecule has 2 aliphatic rings. The average molecular weight is 393 g/mol. The zero-order chi connectivity index (χ0) is 20.5. The first-order valence-corrected chi connectivity index (χ1v) is 9.67. The van der Waals surface area contributed by atoms with Crippen LogP contribution in [0.15, 0.2) is 18.2 Å². The number of halogens is 2. The SMILES string of the molecule is CCN(C(=O)CN1C(=O)NC(C)(c2ccc(F)c(F)c2)C1=O)C1CCCCC1. The summed E-state index contributed by atoms with van der Waals surface area (Å²) >= 11 is 0. The number of hydrogen-bond acceptors (Lipinski definition) is 3. The lowest BCUT2D eigenvalue weighted by Crippen LogP contribution is -2.48. The second-order valence-electron chi connectivity index (χ2n) is 7.55. The Morgan fingerprint density at radius 3 is 2.50 bits per heavy atom. The van der Waals surface area contributed by atoms with Crippen LogP contribution in [-0.4, -0.2) is 46.8 Å². The van der Waals surface area contributed by atoms with E-state index in [1.54, 1.807) is 4.90 Å². The van der Waals surface area contributed by atoms with E-state index in [0.717, 1.165) is 49.1 Å². The van der Waals surface area contributed by atoms with E-state index >= 15 is 0 Å². The molecule has 0 bridgehead atoms. The van der Waals surface area contributed by atoms with Crippen molar-refractivity contribution in [3.05, 3.63) is 35.4 Å². The zero-order valence-corrected chi connectivity index (χ0v) is 16.1. The molecule has 2 fully saturated rings. The lowest BCUT2D eigenvalue weighted by Gasteiger charge is -2.34. The predicted octanol–water partition coefficient (Wildman–Crippen LogP) is 2.91. The number of imide groups is 1. The summed E-state index contributed by atoms with van der Waals surface area (Å²) in [5, 5.41) is 2.51. The molecule has 8 heteroatoms. The number of benzene rings is 1. The Morgan fingerprint density at radius 1 is 1.21 bits per heavy atom. The molecule has 1 N–H and O–H groups in total. The molecule has 0 radical (unpaired) electrons. The van der Waals surface area contributed by atoms with Crippen LogP contribution in [0.4, 0.5) is 13.6 Å². The molecular weight excluding hydrogens is 368 g/mol. The third-order valence-electron chi connectivity index (χ3n) is 5.74. The fraction of sp³-hybridized carbons (Fsp3) is 0.550. The Balaban J connectivity index is 1.77. The van der Waals surface area contributed by atoms with Crippen molar-refractivity contribution in [1.82, 2.24) is 15.1 Å². The molecule has 28 heavy (non-hydrogen) atoms. The Kier molecular flexibility index (Phi) is 5.67. The van der Waals surface area contributed by atoms with Gasteiger partial charge in [0.1, 0.15) is 12.1 Å². The molecule has 1 aliphatic heterocycles. The van der Waals surface area contributed by atoms with Gasteiger partial charge in [-0.2, -0.15) is 0 Å². The fourth-order valence-corrected chi connectivity index (χ4v) is 4.10. The Hall–Kier alpha value is -2.51. The molecule has 1 atom stereocenters. The maximum Gasteiger partial charge on any atom is 0.325 e. The summed E-state index contributed by atoms with van der Waals surface area (Å²) in [6, 6.07) is 2.46. The summed E-state index contributed by atoms with van der Waals surface area (Å²) in [4.78, 5) is 40.7. The number of nitrogens with zero attached hydrogens (tertiary/aromatic N) is 2. The highest BCUT2D eigenvalue weighted by atomic mass is 19.2. The lowest BCUT2D eigenvalue weighted by molar-refractivity contribution is -0.140. The molecular formula is C20H25F2N3O3. The predicted molar refractivity (Wildman–Crippen MR) is 98.2 cm³/mol. The quantitative estimate of drug-likeness (QED) is 0.782. The van der Waals surface area contributed by atoms with E-state index in [1.807, 2.05) is 6.92 Å². The standard InChI is InChI=1S/C20H25F2N3O3/c1-3-24(14-7-5-4-6-8-14)17(26)12-25-18(27)20(2,23-19(25)28)13-9-10-15(21)16(22)11-13/h9-11,14H,3-8,12H2,1-2H3,(H,23,28). The summed E-state index contributed by atoms with van der Waals surface area (Å²) in [6.45, 7) is 3.44. The maximum absolute atomic E-state index is 13.6. The Bertz CT molecular complexity index is 795. The minimum absolute atomic E-state index is 0.124. The first kappa shape index (κ1) is 20.2. The van der Waals surface area contributed by atoms with Gasteiger partial charge in [0.2, 0.25) is 5.91 Å². The van der Waals surface area contributed by atoms with Gasteiger partial charge in [-0.25, -0.2) is 13.6 Å². The summed E-state index contributed by atoms with van der Waals surface area (Å²) in [6.07, 6.45) is 5.12. The number of urea groups is 1. The first-order valence-electron chi connectivity index (χ1n) is 9.67. The van der Waals surface area contributed by atoms with E-state index in [4.69, 9.17) is 0 Å². The maximum atomic E-state index is 13.6. The highest BCUT2D eigenvalue weighted by molar-refractivity contribution is 6.09. The van der Waals surface area contributed by atoms with Crippen LogP contribution >= 0.6 is 0 Å². The van der Waals surface area contributed by atoms with Crippen LogP contribution in [0.2, 0.25) is 0 Å². The van der Waals surface area contributed by atoms with Crippen LogP contribution in [0.3, 0.4) is 0 Å². The highest BCUT2D eigenvalue weighted by Gasteiger charge is 2.50. The van der Waals surface area contributed by atoms with Gasteiger partial charge in [-0.3, -0.25) is 14.5 Å². The van der Waals surface area contributed by atoms with Crippen LogP contribution in [0, 0.1) is 11.6 Å². The molecule has 6 nitrogen and oxygen atoms in total. The van der Waals surface area contributed by atoms with E-state index in [-0.39, 0.29) is 24.1 Å². The summed E-state index contributed by atoms with van der Waals surface area (Å²) in [7, 11) is 0. The molecule has 1 saturated carbocycles. The van der Waals surface area contributed by atoms with Gasteiger partial charge in [-0.1, -0.05) is 25.3 Å². The van der Waals surface area contributed by atoms with Crippen molar-refractivity contribution >= 4 is 17.8 Å². The molecule has 152 valence electrons. The van der Waals surface area contributed by atoms with E-state index in [2.05, 4.69) is 5.32 Å². The second-order valence-corrected chi connectivity index (χ2v) is 7.55. The Labute approximate surface area is 162 Å². The minimum atomic E-state index is -1.55. The third-order valence-corrected chi connectivity index (χ3v) is 5.74. The normalized spacial score (nSPS) is 23.1. The van der Waals surface area contributed by atoms with Crippen molar-refractivity contribution in [3.63, 3.8) is 0 Å². The number of carbonyl (C=O) groups excluding carboxylic acids is 3. The van der Waals surface area contributed by atoms with E-state index in [9.17, 15) is 23.2 Å². The zero-order valence-electron chi connectivity index (χ0n) is 16.1. The molecule has 1 aliphatic carbocycles. The third kappa shape index (κ3) is 3.59. The van der Waals surface area contributed by atoms with Crippen molar-refractivity contribution in [3.8, 4) is 0 Å². The second kappa shape index (κ2) is 7.85. The van der Waals surface area contributed by atoms with Crippen molar-refractivity contribution in [2.75, 3.05) is 13.1 Å². The number of likely N-dealkylation sites (N-methyl/N-ethyl adjacent to an activating group) is 1. The lowest BCUT2D eigenvalue weighted by atomic mass is 9.92. The van der Waals surface area contributed by atoms with Crippen molar-refractivity contribution < 1.29 is 23.2 Å².